The number of H-pyrrole nitrogens is 1. The number of nitrogens with zero attached hydrogens (tertiary/aromatic N) is 1. The molecule has 1 aromatic rings. The Kier molecular flexibility index (Phi) is 2.40. The van der Waals surface area contributed by atoms with Gasteiger partial charge in [0.15, 0.2) is 5.95 Å². The van der Waals surface area contributed by atoms with Crippen molar-refractivity contribution in [1.29, 1.82) is 0 Å². The largest absolute Gasteiger partial charge is 0.369 e. The van der Waals surface area contributed by atoms with Crippen molar-refractivity contribution in [2.24, 2.45) is 0 Å². The molecule has 0 fully saturated rings. The molecule has 1 aromatic heterocycles. The molecule has 0 aliphatic rings. The van der Waals surface area contributed by atoms with Gasteiger partial charge in [-0.3, -0.25) is 9.78 Å². The average Bonchev–Trinajstić information content (AvgIpc) is 2.03. The minimum absolute atomic E-state index is 0.139. The molecule has 0 amide bonds. The number of nitrogens with two attached hydrogens (primary N) is 1. The fourth-order valence-electron chi connectivity index (χ4n) is 1.08. The van der Waals surface area contributed by atoms with E-state index in [0.717, 1.165) is 6.42 Å². The number of aromatic nitrogens is 2. The molecule has 0 aliphatic heterocycles. The van der Waals surface area contributed by atoms with E-state index in [2.05, 4.69) is 9.97 Å². The monoisotopic (exact) mass is 181 g/mol. The maximum atomic E-state index is 11.5. The molecule has 72 valence electrons. The fraction of sp³-hybridized carbons (Fsp3) is 0.556. The molecule has 0 saturated carbocycles. The van der Waals surface area contributed by atoms with Gasteiger partial charge in [-0.15, -0.1) is 0 Å². The van der Waals surface area contributed by atoms with Gasteiger partial charge < -0.3 is 5.73 Å². The summed E-state index contributed by atoms with van der Waals surface area (Å²) in [6, 6.07) is 0. The number of aromatic amines is 1. The summed E-state index contributed by atoms with van der Waals surface area (Å²) < 4.78 is 0. The zero-order valence-corrected chi connectivity index (χ0v) is 8.22. The Morgan fingerprint density at radius 1 is 1.62 bits per heavy atom. The van der Waals surface area contributed by atoms with Crippen molar-refractivity contribution >= 4 is 5.95 Å². The lowest BCUT2D eigenvalue weighted by Gasteiger charge is -2.21. The lowest BCUT2D eigenvalue weighted by atomic mass is 9.84. The summed E-state index contributed by atoms with van der Waals surface area (Å²) in [7, 11) is 0. The maximum absolute atomic E-state index is 11.5. The molecular weight excluding hydrogens is 166 g/mol. The van der Waals surface area contributed by atoms with E-state index in [1.807, 2.05) is 20.8 Å². The molecule has 1 heterocycles. The van der Waals surface area contributed by atoms with Crippen molar-refractivity contribution in [3.8, 4) is 0 Å². The molecule has 0 bridgehead atoms. The Morgan fingerprint density at radius 2 is 2.23 bits per heavy atom. The minimum Gasteiger partial charge on any atom is -0.369 e. The van der Waals surface area contributed by atoms with Crippen LogP contribution in [0.5, 0.6) is 0 Å². The molecular formula is C9H15N3O. The highest BCUT2D eigenvalue weighted by Gasteiger charge is 2.21. The van der Waals surface area contributed by atoms with Crippen LogP contribution >= 0.6 is 0 Å². The van der Waals surface area contributed by atoms with Crippen molar-refractivity contribution < 1.29 is 0 Å². The molecule has 4 nitrogen and oxygen atoms in total. The van der Waals surface area contributed by atoms with Crippen LogP contribution in [-0.4, -0.2) is 9.97 Å². The molecule has 0 radical (unpaired) electrons. The summed E-state index contributed by atoms with van der Waals surface area (Å²) in [5, 5.41) is 0. The van der Waals surface area contributed by atoms with Gasteiger partial charge in [0.05, 0.1) is 0 Å². The van der Waals surface area contributed by atoms with Crippen molar-refractivity contribution in [1.82, 2.24) is 9.97 Å². The van der Waals surface area contributed by atoms with Gasteiger partial charge in [-0.05, 0) is 11.8 Å². The molecule has 13 heavy (non-hydrogen) atoms. The SMILES string of the molecule is CCC(C)(C)c1cnc(N)[nH]c1=O. The number of anilines is 1. The highest BCUT2D eigenvalue weighted by molar-refractivity contribution is 5.22. The van der Waals surface area contributed by atoms with Crippen molar-refractivity contribution in [2.75, 3.05) is 5.73 Å². The lowest BCUT2D eigenvalue weighted by molar-refractivity contribution is 0.498. The molecule has 4 heteroatoms. The predicted molar refractivity (Wildman–Crippen MR) is 52.6 cm³/mol. The second kappa shape index (κ2) is 3.20. The molecule has 0 aromatic carbocycles. The highest BCUT2D eigenvalue weighted by atomic mass is 16.1. The van der Waals surface area contributed by atoms with E-state index < -0.39 is 0 Å². The topological polar surface area (TPSA) is 71.8 Å². The Morgan fingerprint density at radius 3 is 2.69 bits per heavy atom. The lowest BCUT2D eigenvalue weighted by Crippen LogP contribution is -2.27. The van der Waals surface area contributed by atoms with Crippen LogP contribution in [-0.2, 0) is 5.41 Å². The van der Waals surface area contributed by atoms with Gasteiger partial charge >= 0.3 is 0 Å². The molecule has 0 aliphatic carbocycles. The zero-order valence-electron chi connectivity index (χ0n) is 8.22. The van der Waals surface area contributed by atoms with E-state index in [1.165, 1.54) is 0 Å². The van der Waals surface area contributed by atoms with Crippen LogP contribution in [0.2, 0.25) is 0 Å². The Labute approximate surface area is 77.2 Å². The summed E-state index contributed by atoms with van der Waals surface area (Å²) in [6.07, 6.45) is 2.44. The van der Waals surface area contributed by atoms with Crippen LogP contribution in [0.15, 0.2) is 11.0 Å². The summed E-state index contributed by atoms with van der Waals surface area (Å²) >= 11 is 0. The highest BCUT2D eigenvalue weighted by Crippen LogP contribution is 2.22. The first-order chi connectivity index (χ1) is 5.97. The summed E-state index contributed by atoms with van der Waals surface area (Å²) in [5.41, 5.74) is 5.75. The van der Waals surface area contributed by atoms with E-state index in [-0.39, 0.29) is 16.9 Å². The van der Waals surface area contributed by atoms with Gasteiger partial charge in [0.1, 0.15) is 0 Å². The standard InChI is InChI=1S/C9H15N3O/c1-4-9(2,3)6-5-11-8(10)12-7(6)13/h5H,4H2,1-3H3,(H3,10,11,12,13). The van der Waals surface area contributed by atoms with Gasteiger partial charge in [-0.1, -0.05) is 20.8 Å². The Balaban J connectivity index is 3.24. The fourth-order valence-corrected chi connectivity index (χ4v) is 1.08. The van der Waals surface area contributed by atoms with Crippen LogP contribution in [0.1, 0.15) is 32.8 Å². The summed E-state index contributed by atoms with van der Waals surface area (Å²) in [6.45, 7) is 6.06. The van der Waals surface area contributed by atoms with E-state index in [9.17, 15) is 4.79 Å². The Bertz CT molecular complexity index is 354. The van der Waals surface area contributed by atoms with Crippen molar-refractivity contribution in [2.45, 2.75) is 32.6 Å². The second-order valence-electron chi connectivity index (χ2n) is 3.75. The first-order valence-corrected chi connectivity index (χ1v) is 4.32. The normalized spacial score (nSPS) is 11.6. The van der Waals surface area contributed by atoms with Crippen LogP contribution in [0, 0.1) is 0 Å². The van der Waals surface area contributed by atoms with Gasteiger partial charge in [-0.2, -0.15) is 0 Å². The molecule has 1 rings (SSSR count). The van der Waals surface area contributed by atoms with Gasteiger partial charge in [-0.25, -0.2) is 4.98 Å². The van der Waals surface area contributed by atoms with Crippen LogP contribution in [0.25, 0.3) is 0 Å². The second-order valence-corrected chi connectivity index (χ2v) is 3.75. The van der Waals surface area contributed by atoms with Crippen molar-refractivity contribution in [3.05, 3.63) is 22.1 Å². The predicted octanol–water partition coefficient (Wildman–Crippen LogP) is 1.04. The number of nitrogen functional groups attached to an aromatic ring is 1. The van der Waals surface area contributed by atoms with Crippen molar-refractivity contribution in [3.63, 3.8) is 0 Å². The van der Waals surface area contributed by atoms with E-state index in [1.54, 1.807) is 6.20 Å². The summed E-state index contributed by atoms with van der Waals surface area (Å²) in [5.74, 6) is 0.167. The number of rotatable bonds is 2. The molecule has 0 spiro atoms. The van der Waals surface area contributed by atoms with Gasteiger partial charge in [0, 0.05) is 11.8 Å². The molecule has 0 saturated heterocycles. The molecule has 0 unspecified atom stereocenters. The zero-order chi connectivity index (χ0) is 10.1. The average molecular weight is 181 g/mol. The number of hydrogen-bond donors (Lipinski definition) is 2. The number of nitrogens with one attached hydrogen (secondary N) is 1. The van der Waals surface area contributed by atoms with Crippen LogP contribution in [0.4, 0.5) is 5.95 Å². The van der Waals surface area contributed by atoms with E-state index in [0.29, 0.717) is 5.56 Å². The first-order valence-electron chi connectivity index (χ1n) is 4.32. The third kappa shape index (κ3) is 1.88. The van der Waals surface area contributed by atoms with E-state index in [4.69, 9.17) is 5.73 Å². The molecule has 3 N–H and O–H groups in total. The smallest absolute Gasteiger partial charge is 0.255 e. The number of hydrogen-bond acceptors (Lipinski definition) is 3. The van der Waals surface area contributed by atoms with Crippen LogP contribution < -0.4 is 11.3 Å². The van der Waals surface area contributed by atoms with Crippen LogP contribution in [0.3, 0.4) is 0 Å². The third-order valence-electron chi connectivity index (χ3n) is 2.43. The Hall–Kier alpha value is -1.32. The van der Waals surface area contributed by atoms with Gasteiger partial charge in [0.2, 0.25) is 0 Å². The minimum atomic E-state index is -0.145. The quantitative estimate of drug-likeness (QED) is 0.716. The van der Waals surface area contributed by atoms with E-state index >= 15 is 0 Å². The third-order valence-corrected chi connectivity index (χ3v) is 2.43. The first kappa shape index (κ1) is 9.77. The summed E-state index contributed by atoms with van der Waals surface area (Å²) in [4.78, 5) is 17.8. The van der Waals surface area contributed by atoms with Gasteiger partial charge in [0.25, 0.3) is 5.56 Å². The maximum Gasteiger partial charge on any atom is 0.255 e. The molecule has 0 atom stereocenters.